The number of rotatable bonds is 3. The number of carbonyl (C=O) groups excluding carboxylic acids is 1. The molecule has 20 heavy (non-hydrogen) atoms. The van der Waals surface area contributed by atoms with Crippen LogP contribution in [0.5, 0.6) is 0 Å². The summed E-state index contributed by atoms with van der Waals surface area (Å²) in [6.07, 6.45) is 1.71. The highest BCUT2D eigenvalue weighted by atomic mass is 16.4. The number of nitrogens with zero attached hydrogens (tertiary/aromatic N) is 2. The predicted molar refractivity (Wildman–Crippen MR) is 74.0 cm³/mol. The molecule has 0 saturated carbocycles. The minimum atomic E-state index is -1.00. The highest BCUT2D eigenvalue weighted by Gasteiger charge is 2.09. The molecule has 104 valence electrons. The van der Waals surface area contributed by atoms with Crippen molar-refractivity contribution in [2.45, 2.75) is 6.92 Å². The van der Waals surface area contributed by atoms with Crippen LogP contribution in [0.15, 0.2) is 30.5 Å². The number of aryl methyl sites for hydroxylation is 2. The summed E-state index contributed by atoms with van der Waals surface area (Å²) < 4.78 is 1.57. The van der Waals surface area contributed by atoms with Crippen LogP contribution in [0.3, 0.4) is 0 Å². The second-order valence-corrected chi connectivity index (χ2v) is 4.29. The maximum absolute atomic E-state index is 11.8. The number of urea groups is 1. The van der Waals surface area contributed by atoms with E-state index in [9.17, 15) is 9.59 Å². The number of amides is 2. The molecule has 1 aromatic carbocycles. The average Bonchev–Trinajstić information content (AvgIpc) is 2.77. The third-order valence-corrected chi connectivity index (χ3v) is 2.68. The number of carboxylic acids is 1. The molecule has 7 heteroatoms. The molecule has 0 bridgehead atoms. The van der Waals surface area contributed by atoms with Gasteiger partial charge in [-0.1, -0.05) is 0 Å². The van der Waals surface area contributed by atoms with Crippen LogP contribution >= 0.6 is 0 Å². The summed E-state index contributed by atoms with van der Waals surface area (Å²) in [5.74, 6) is -0.567. The number of carbonyl (C=O) groups is 2. The van der Waals surface area contributed by atoms with Crippen molar-refractivity contribution in [3.05, 3.63) is 41.6 Å². The zero-order valence-electron chi connectivity index (χ0n) is 11.0. The van der Waals surface area contributed by atoms with Gasteiger partial charge in [-0.2, -0.15) is 5.10 Å². The summed E-state index contributed by atoms with van der Waals surface area (Å²) in [5, 5.41) is 18.1. The van der Waals surface area contributed by atoms with Gasteiger partial charge in [-0.05, 0) is 30.7 Å². The molecule has 0 radical (unpaired) electrons. The molecule has 0 saturated heterocycles. The fourth-order valence-electron chi connectivity index (χ4n) is 1.69. The van der Waals surface area contributed by atoms with Gasteiger partial charge in [0, 0.05) is 25.0 Å². The molecule has 0 aliphatic rings. The summed E-state index contributed by atoms with van der Waals surface area (Å²) in [5.41, 5.74) is 1.39. The molecule has 0 fully saturated rings. The number of aromatic nitrogens is 2. The van der Waals surface area contributed by atoms with Crippen molar-refractivity contribution in [3.63, 3.8) is 0 Å². The van der Waals surface area contributed by atoms with Gasteiger partial charge in [-0.15, -0.1) is 0 Å². The Bertz CT molecular complexity index is 663. The molecule has 1 aromatic heterocycles. The van der Waals surface area contributed by atoms with Crippen molar-refractivity contribution in [1.82, 2.24) is 9.78 Å². The van der Waals surface area contributed by atoms with Crippen LogP contribution in [0.4, 0.5) is 16.3 Å². The zero-order chi connectivity index (χ0) is 14.7. The summed E-state index contributed by atoms with van der Waals surface area (Å²) in [6.45, 7) is 1.73. The van der Waals surface area contributed by atoms with E-state index in [-0.39, 0.29) is 5.56 Å². The fraction of sp³-hybridized carbons (Fsp3) is 0.154. The number of aromatic carboxylic acids is 1. The lowest BCUT2D eigenvalue weighted by molar-refractivity contribution is 0.0697. The third-order valence-electron chi connectivity index (χ3n) is 2.68. The molecule has 0 unspecified atom stereocenters. The average molecular weight is 274 g/mol. The smallest absolute Gasteiger partial charge is 0.335 e. The van der Waals surface area contributed by atoms with Gasteiger partial charge >= 0.3 is 12.0 Å². The van der Waals surface area contributed by atoms with Crippen molar-refractivity contribution in [1.29, 1.82) is 0 Å². The third kappa shape index (κ3) is 3.14. The Morgan fingerprint density at radius 3 is 2.55 bits per heavy atom. The minimum Gasteiger partial charge on any atom is -0.478 e. The second-order valence-electron chi connectivity index (χ2n) is 4.29. The Morgan fingerprint density at radius 2 is 2.00 bits per heavy atom. The first-order valence-electron chi connectivity index (χ1n) is 5.87. The lowest BCUT2D eigenvalue weighted by Crippen LogP contribution is -2.20. The number of hydrogen-bond donors (Lipinski definition) is 3. The van der Waals surface area contributed by atoms with Crippen molar-refractivity contribution < 1.29 is 14.7 Å². The molecule has 2 rings (SSSR count). The van der Waals surface area contributed by atoms with Gasteiger partial charge in [0.15, 0.2) is 5.82 Å². The van der Waals surface area contributed by atoms with Gasteiger partial charge in [-0.25, -0.2) is 9.59 Å². The summed E-state index contributed by atoms with van der Waals surface area (Å²) >= 11 is 0. The number of hydrogen-bond acceptors (Lipinski definition) is 3. The van der Waals surface area contributed by atoms with E-state index < -0.39 is 12.0 Å². The van der Waals surface area contributed by atoms with Crippen LogP contribution in [0.1, 0.15) is 15.9 Å². The number of carboxylic acid groups (broad SMARTS) is 1. The lowest BCUT2D eigenvalue weighted by atomic mass is 10.1. The monoisotopic (exact) mass is 274 g/mol. The van der Waals surface area contributed by atoms with Gasteiger partial charge in [-0.3, -0.25) is 10.00 Å². The summed E-state index contributed by atoms with van der Waals surface area (Å²) in [7, 11) is 1.75. The van der Waals surface area contributed by atoms with Gasteiger partial charge < -0.3 is 10.4 Å². The molecule has 0 aliphatic carbocycles. The fourth-order valence-corrected chi connectivity index (χ4v) is 1.69. The Labute approximate surface area is 115 Å². The minimum absolute atomic E-state index is 0.179. The Balaban J connectivity index is 2.06. The molecular weight excluding hydrogens is 260 g/mol. The zero-order valence-corrected chi connectivity index (χ0v) is 11.0. The number of anilines is 2. The van der Waals surface area contributed by atoms with Gasteiger partial charge in [0.25, 0.3) is 0 Å². The summed E-state index contributed by atoms with van der Waals surface area (Å²) in [4.78, 5) is 22.6. The van der Waals surface area contributed by atoms with Gasteiger partial charge in [0.05, 0.1) is 5.56 Å². The maximum Gasteiger partial charge on any atom is 0.335 e. The largest absolute Gasteiger partial charge is 0.478 e. The van der Waals surface area contributed by atoms with Gasteiger partial charge in [0.2, 0.25) is 0 Å². The predicted octanol–water partition coefficient (Wildman–Crippen LogP) is 2.07. The summed E-state index contributed by atoms with van der Waals surface area (Å²) in [6, 6.07) is 5.72. The Kier molecular flexibility index (Phi) is 3.69. The first-order chi connectivity index (χ1) is 9.45. The molecule has 0 aliphatic heterocycles. The van der Waals surface area contributed by atoms with E-state index in [0.29, 0.717) is 17.1 Å². The first-order valence-corrected chi connectivity index (χ1v) is 5.87. The van der Waals surface area contributed by atoms with Crippen molar-refractivity contribution in [2.24, 2.45) is 7.05 Å². The normalized spacial score (nSPS) is 10.1. The number of benzene rings is 1. The molecular formula is C13H14N4O3. The highest BCUT2D eigenvalue weighted by molar-refractivity contribution is 6.00. The van der Waals surface area contributed by atoms with Crippen LogP contribution in [0.2, 0.25) is 0 Å². The van der Waals surface area contributed by atoms with E-state index in [2.05, 4.69) is 15.7 Å². The Hall–Kier alpha value is -2.83. The van der Waals surface area contributed by atoms with Crippen LogP contribution in [0.25, 0.3) is 0 Å². The topological polar surface area (TPSA) is 96.3 Å². The second kappa shape index (κ2) is 5.43. The van der Waals surface area contributed by atoms with E-state index >= 15 is 0 Å². The van der Waals surface area contributed by atoms with E-state index in [4.69, 9.17) is 5.11 Å². The Morgan fingerprint density at radius 1 is 1.25 bits per heavy atom. The van der Waals surface area contributed by atoms with Crippen molar-refractivity contribution in [3.8, 4) is 0 Å². The van der Waals surface area contributed by atoms with Gasteiger partial charge in [0.1, 0.15) is 0 Å². The standard InChI is InChI=1S/C13H14N4O3/c1-8-7-9(12(18)19)3-4-10(8)14-13(20)15-11-5-6-17(2)16-11/h3-7H,1-2H3,(H,18,19)(H2,14,15,16,20). The van der Waals surface area contributed by atoms with Crippen molar-refractivity contribution in [2.75, 3.05) is 10.6 Å². The van der Waals surface area contributed by atoms with E-state index in [1.165, 1.54) is 12.1 Å². The van der Waals surface area contributed by atoms with Crippen molar-refractivity contribution >= 4 is 23.5 Å². The van der Waals surface area contributed by atoms with E-state index in [1.54, 1.807) is 37.0 Å². The van der Waals surface area contributed by atoms with Crippen LogP contribution in [-0.4, -0.2) is 26.9 Å². The molecule has 1 heterocycles. The molecule has 0 atom stereocenters. The SMILES string of the molecule is Cc1cc(C(=O)O)ccc1NC(=O)Nc1ccn(C)n1. The number of nitrogens with one attached hydrogen (secondary N) is 2. The quantitative estimate of drug-likeness (QED) is 0.798. The van der Waals surface area contributed by atoms with E-state index in [0.717, 1.165) is 0 Å². The maximum atomic E-state index is 11.8. The molecule has 0 spiro atoms. The molecule has 2 aromatic rings. The molecule has 7 nitrogen and oxygen atoms in total. The molecule has 3 N–H and O–H groups in total. The van der Waals surface area contributed by atoms with Crippen LogP contribution < -0.4 is 10.6 Å². The first kappa shape index (κ1) is 13.6. The highest BCUT2D eigenvalue weighted by Crippen LogP contribution is 2.17. The molecule has 2 amide bonds. The van der Waals surface area contributed by atoms with E-state index in [1.807, 2.05) is 0 Å². The van der Waals surface area contributed by atoms with Crippen LogP contribution in [-0.2, 0) is 7.05 Å². The lowest BCUT2D eigenvalue weighted by Gasteiger charge is -2.09. The van der Waals surface area contributed by atoms with Crippen LogP contribution in [0, 0.1) is 6.92 Å².